The summed E-state index contributed by atoms with van der Waals surface area (Å²) in [4.78, 5) is 0. The fraction of sp³-hybridized carbons (Fsp3) is 0.500. The van der Waals surface area contributed by atoms with Gasteiger partial charge in [0.2, 0.25) is 0 Å². The highest BCUT2D eigenvalue weighted by molar-refractivity contribution is 5.50. The van der Waals surface area contributed by atoms with Gasteiger partial charge in [-0.1, -0.05) is 0 Å². The number of hydrogen-bond donors (Lipinski definition) is 3. The van der Waals surface area contributed by atoms with E-state index in [1.807, 2.05) is 0 Å². The predicted octanol–water partition coefficient (Wildman–Crippen LogP) is 0.877. The van der Waals surface area contributed by atoms with Gasteiger partial charge in [-0.2, -0.15) is 0 Å². The number of methoxy groups -OCH3 is 1. The van der Waals surface area contributed by atoms with E-state index in [1.54, 1.807) is 25.3 Å². The van der Waals surface area contributed by atoms with Crippen LogP contribution in [0.4, 0.5) is 5.69 Å². The average Bonchev–Trinajstić information content (AvgIpc) is 2.58. The summed E-state index contributed by atoms with van der Waals surface area (Å²) in [5.74, 6) is 0.373. The van der Waals surface area contributed by atoms with Gasteiger partial charge in [-0.25, -0.2) is 0 Å². The Bertz CT molecular complexity index is 371. The van der Waals surface area contributed by atoms with Crippen molar-refractivity contribution in [1.29, 1.82) is 0 Å². The van der Waals surface area contributed by atoms with Crippen molar-refractivity contribution < 1.29 is 14.9 Å². The van der Waals surface area contributed by atoms with Gasteiger partial charge in [0.1, 0.15) is 5.75 Å². The van der Waals surface area contributed by atoms with E-state index < -0.39 is 12.2 Å². The van der Waals surface area contributed by atoms with Crippen LogP contribution in [-0.4, -0.2) is 29.5 Å². The zero-order chi connectivity index (χ0) is 11.7. The van der Waals surface area contributed by atoms with Crippen LogP contribution in [0.15, 0.2) is 18.2 Å². The predicted molar refractivity (Wildman–Crippen MR) is 61.4 cm³/mol. The van der Waals surface area contributed by atoms with Crippen LogP contribution < -0.4 is 10.5 Å². The Balaban J connectivity index is 2.41. The molecular weight excluding hydrogens is 206 g/mol. The van der Waals surface area contributed by atoms with E-state index in [2.05, 4.69) is 0 Å². The molecule has 4 heteroatoms. The van der Waals surface area contributed by atoms with Crippen LogP contribution in [0.25, 0.3) is 0 Å². The highest BCUT2D eigenvalue weighted by Gasteiger charge is 2.36. The minimum absolute atomic E-state index is 0.293. The normalized spacial score (nSPS) is 29.3. The lowest BCUT2D eigenvalue weighted by atomic mass is 9.92. The number of hydrogen-bond acceptors (Lipinski definition) is 4. The zero-order valence-electron chi connectivity index (χ0n) is 9.26. The van der Waals surface area contributed by atoms with Crippen molar-refractivity contribution in [3.63, 3.8) is 0 Å². The maximum atomic E-state index is 9.87. The van der Waals surface area contributed by atoms with Gasteiger partial charge >= 0.3 is 0 Å². The summed E-state index contributed by atoms with van der Waals surface area (Å²) < 4.78 is 5.23. The average molecular weight is 223 g/mol. The molecule has 0 amide bonds. The van der Waals surface area contributed by atoms with Crippen LogP contribution in [-0.2, 0) is 0 Å². The summed E-state index contributed by atoms with van der Waals surface area (Å²) >= 11 is 0. The first-order valence-electron chi connectivity index (χ1n) is 5.43. The minimum Gasteiger partial charge on any atom is -0.496 e. The number of ether oxygens (including phenoxy) is 1. The van der Waals surface area contributed by atoms with Crippen LogP contribution >= 0.6 is 0 Å². The lowest BCUT2D eigenvalue weighted by Gasteiger charge is -2.21. The summed E-state index contributed by atoms with van der Waals surface area (Å²) in [6, 6.07) is 5.28. The molecule has 1 fully saturated rings. The molecule has 16 heavy (non-hydrogen) atoms. The number of aliphatic hydroxyl groups is 2. The lowest BCUT2D eigenvalue weighted by molar-refractivity contribution is 0.106. The fourth-order valence-corrected chi connectivity index (χ4v) is 2.38. The highest BCUT2D eigenvalue weighted by atomic mass is 16.5. The summed E-state index contributed by atoms with van der Waals surface area (Å²) in [6.45, 7) is 0. The number of nitrogen functional groups attached to an aromatic ring is 1. The molecule has 88 valence electrons. The van der Waals surface area contributed by atoms with Gasteiger partial charge in [-0.15, -0.1) is 0 Å². The molecule has 1 aromatic carbocycles. The molecule has 1 aliphatic rings. The van der Waals surface area contributed by atoms with Gasteiger partial charge < -0.3 is 20.7 Å². The number of rotatable bonds is 2. The Labute approximate surface area is 94.7 Å². The van der Waals surface area contributed by atoms with Crippen LogP contribution in [0.5, 0.6) is 5.75 Å². The molecule has 4 nitrogen and oxygen atoms in total. The Kier molecular flexibility index (Phi) is 3.03. The standard InChI is InChI=1S/C12H17NO3/c1-16-11-5-2-7(13)6-8(11)12-9(14)3-4-10(12)15/h2,5-6,9-10,12,14-15H,3-4,13H2,1H3. The highest BCUT2D eigenvalue weighted by Crippen LogP contribution is 2.40. The third kappa shape index (κ3) is 1.86. The Morgan fingerprint density at radius 1 is 1.25 bits per heavy atom. The van der Waals surface area contributed by atoms with Gasteiger partial charge in [-0.05, 0) is 31.0 Å². The van der Waals surface area contributed by atoms with Crippen molar-refractivity contribution in [2.24, 2.45) is 0 Å². The molecule has 2 rings (SSSR count). The molecule has 0 aliphatic heterocycles. The molecule has 0 radical (unpaired) electrons. The second-order valence-electron chi connectivity index (χ2n) is 4.24. The smallest absolute Gasteiger partial charge is 0.122 e. The first kappa shape index (κ1) is 11.2. The summed E-state index contributed by atoms with van der Waals surface area (Å²) in [7, 11) is 1.57. The van der Waals surface area contributed by atoms with Crippen LogP contribution in [0, 0.1) is 0 Å². The maximum Gasteiger partial charge on any atom is 0.122 e. The van der Waals surface area contributed by atoms with Crippen LogP contribution in [0.1, 0.15) is 24.3 Å². The summed E-state index contributed by atoms with van der Waals surface area (Å²) in [5, 5.41) is 19.7. The lowest BCUT2D eigenvalue weighted by Crippen LogP contribution is -2.21. The van der Waals surface area contributed by atoms with Gasteiger partial charge in [-0.3, -0.25) is 0 Å². The Morgan fingerprint density at radius 2 is 1.88 bits per heavy atom. The number of anilines is 1. The first-order chi connectivity index (χ1) is 7.63. The molecule has 1 saturated carbocycles. The second-order valence-corrected chi connectivity index (χ2v) is 4.24. The molecule has 0 bridgehead atoms. The number of nitrogens with two attached hydrogens (primary N) is 1. The van der Waals surface area contributed by atoms with Crippen molar-refractivity contribution >= 4 is 5.69 Å². The molecule has 0 heterocycles. The van der Waals surface area contributed by atoms with Crippen LogP contribution in [0.3, 0.4) is 0 Å². The number of aliphatic hydroxyl groups excluding tert-OH is 2. The van der Waals surface area contributed by atoms with E-state index in [9.17, 15) is 10.2 Å². The van der Waals surface area contributed by atoms with E-state index in [-0.39, 0.29) is 5.92 Å². The Morgan fingerprint density at radius 3 is 2.44 bits per heavy atom. The topological polar surface area (TPSA) is 75.7 Å². The maximum absolute atomic E-state index is 9.87. The Hall–Kier alpha value is -1.26. The van der Waals surface area contributed by atoms with E-state index >= 15 is 0 Å². The molecule has 0 spiro atoms. The SMILES string of the molecule is COc1ccc(N)cc1C1C(O)CCC1O. The minimum atomic E-state index is -0.523. The fourth-order valence-electron chi connectivity index (χ4n) is 2.38. The van der Waals surface area contributed by atoms with Gasteiger partial charge in [0, 0.05) is 17.2 Å². The van der Waals surface area contributed by atoms with Crippen molar-refractivity contribution in [3.8, 4) is 5.75 Å². The first-order valence-corrected chi connectivity index (χ1v) is 5.43. The van der Waals surface area contributed by atoms with Gasteiger partial charge in [0.15, 0.2) is 0 Å². The summed E-state index contributed by atoms with van der Waals surface area (Å²) in [6.07, 6.45) is 0.185. The zero-order valence-corrected chi connectivity index (χ0v) is 9.26. The third-order valence-electron chi connectivity index (χ3n) is 3.20. The molecule has 2 unspecified atom stereocenters. The van der Waals surface area contributed by atoms with E-state index in [0.717, 1.165) is 5.56 Å². The molecule has 0 saturated heterocycles. The monoisotopic (exact) mass is 223 g/mol. The molecule has 4 N–H and O–H groups in total. The quantitative estimate of drug-likeness (QED) is 0.650. The molecule has 0 aromatic heterocycles. The van der Waals surface area contributed by atoms with Crippen molar-refractivity contribution in [1.82, 2.24) is 0 Å². The van der Waals surface area contributed by atoms with Crippen molar-refractivity contribution in [2.45, 2.75) is 31.0 Å². The van der Waals surface area contributed by atoms with Gasteiger partial charge in [0.25, 0.3) is 0 Å². The van der Waals surface area contributed by atoms with E-state index in [1.165, 1.54) is 0 Å². The summed E-state index contributed by atoms with van der Waals surface area (Å²) in [5.41, 5.74) is 7.13. The van der Waals surface area contributed by atoms with E-state index in [4.69, 9.17) is 10.5 Å². The molecular formula is C12H17NO3. The van der Waals surface area contributed by atoms with Gasteiger partial charge in [0.05, 0.1) is 19.3 Å². The number of benzene rings is 1. The largest absolute Gasteiger partial charge is 0.496 e. The molecule has 1 aliphatic carbocycles. The second kappa shape index (κ2) is 4.31. The van der Waals surface area contributed by atoms with Crippen molar-refractivity contribution in [3.05, 3.63) is 23.8 Å². The molecule has 2 atom stereocenters. The van der Waals surface area contributed by atoms with Crippen molar-refractivity contribution in [2.75, 3.05) is 12.8 Å². The van der Waals surface area contributed by atoms with Crippen LogP contribution in [0.2, 0.25) is 0 Å². The molecule has 1 aromatic rings. The third-order valence-corrected chi connectivity index (χ3v) is 3.20. The van der Waals surface area contributed by atoms with E-state index in [0.29, 0.717) is 24.3 Å².